The minimum Gasteiger partial charge on any atom is -0.494 e. The number of piperidine rings is 2. The fourth-order valence-corrected chi connectivity index (χ4v) is 8.27. The van der Waals surface area contributed by atoms with Gasteiger partial charge in [-0.25, -0.2) is 4.85 Å². The molecule has 2 saturated heterocycles. The third-order valence-corrected chi connectivity index (χ3v) is 10.4. The molecule has 2 unspecified atom stereocenters. The van der Waals surface area contributed by atoms with E-state index in [0.717, 1.165) is 77.1 Å². The second kappa shape index (κ2) is 14.1. The van der Waals surface area contributed by atoms with Crippen LogP contribution in [-0.2, 0) is 16.8 Å². The average molecular weight is 571 g/mol. The van der Waals surface area contributed by atoms with E-state index in [4.69, 9.17) is 11.3 Å². The van der Waals surface area contributed by atoms with E-state index in [0.29, 0.717) is 24.1 Å². The maximum Gasteiger partial charge on any atom is 0.225 e. The molecular formula is C36H50N4O2. The number of fused-ring (bicyclic) bond motifs is 1. The van der Waals surface area contributed by atoms with Gasteiger partial charge in [0, 0.05) is 43.6 Å². The summed E-state index contributed by atoms with van der Waals surface area (Å²) in [4.78, 5) is 25.0. The first-order chi connectivity index (χ1) is 20.5. The lowest BCUT2D eigenvalue weighted by atomic mass is 9.58. The van der Waals surface area contributed by atoms with Crippen LogP contribution in [0, 0.1) is 18.4 Å². The quantitative estimate of drug-likeness (QED) is 0.230. The van der Waals surface area contributed by atoms with E-state index in [1.165, 1.54) is 30.4 Å². The fourth-order valence-electron chi connectivity index (χ4n) is 8.27. The number of likely N-dealkylation sites (N-methyl/N-ethyl adjacent to an activating group) is 1. The van der Waals surface area contributed by atoms with Crippen LogP contribution in [0.1, 0.15) is 76.3 Å². The van der Waals surface area contributed by atoms with Crippen LogP contribution in [0.2, 0.25) is 0 Å². The smallest absolute Gasteiger partial charge is 0.225 e. The third kappa shape index (κ3) is 6.38. The molecule has 0 aliphatic carbocycles. The molecule has 6 heteroatoms. The van der Waals surface area contributed by atoms with Crippen LogP contribution < -0.4 is 4.74 Å². The number of nitrogens with zero attached hydrogens (tertiary/aromatic N) is 4. The molecule has 3 aliphatic rings. The first kappa shape index (κ1) is 30.6. The molecule has 3 aliphatic heterocycles. The minimum atomic E-state index is -0.0294. The maximum absolute atomic E-state index is 14.0. The topological polar surface area (TPSA) is 40.4 Å². The van der Waals surface area contributed by atoms with Crippen molar-refractivity contribution in [3.8, 4) is 5.75 Å². The maximum atomic E-state index is 14.0. The average Bonchev–Trinajstić information content (AvgIpc) is 3.03. The highest BCUT2D eigenvalue weighted by atomic mass is 16.5. The molecule has 0 saturated carbocycles. The molecule has 2 aromatic carbocycles. The van der Waals surface area contributed by atoms with Crippen LogP contribution in [0.5, 0.6) is 5.75 Å². The van der Waals surface area contributed by atoms with E-state index in [-0.39, 0.29) is 17.4 Å². The monoisotopic (exact) mass is 570 g/mol. The molecule has 0 spiro atoms. The number of hydrogen-bond donors (Lipinski definition) is 0. The molecule has 6 nitrogen and oxygen atoms in total. The summed E-state index contributed by atoms with van der Waals surface area (Å²) in [6.07, 6.45) is 8.64. The molecule has 5 rings (SSSR count). The first-order valence-electron chi connectivity index (χ1n) is 16.4. The standard InChI is InChI=1S/C36H50N4O2/c1-5-28(6-2)35(41)40-22-10-9-14-34(40)36(27-38(4)26-29-12-7-8-13-33(29)36)30-19-23-39(24-20-30)21-11-25-42-32-17-15-31(37-3)16-18-32/h7-8,12-13,15-18,28,30,34H,5-6,9-11,14,19-27H2,1-2,4H3. The SMILES string of the molecule is [C-]#[N+]c1ccc(OCCCN2CCC(C3(C4CCCCN4C(=O)C(CC)CC)CN(C)Cc4ccccc43)CC2)cc1. The third-order valence-electron chi connectivity index (χ3n) is 10.4. The molecule has 1 amide bonds. The Morgan fingerprint density at radius 1 is 1.02 bits per heavy atom. The van der Waals surface area contributed by atoms with Crippen LogP contribution >= 0.6 is 0 Å². The lowest BCUT2D eigenvalue weighted by Gasteiger charge is -2.58. The lowest BCUT2D eigenvalue weighted by Crippen LogP contribution is -2.65. The summed E-state index contributed by atoms with van der Waals surface area (Å²) < 4.78 is 5.96. The predicted octanol–water partition coefficient (Wildman–Crippen LogP) is 6.92. The van der Waals surface area contributed by atoms with Crippen molar-refractivity contribution >= 4 is 11.6 Å². The van der Waals surface area contributed by atoms with Crippen molar-refractivity contribution in [2.45, 2.75) is 83.2 Å². The predicted molar refractivity (Wildman–Crippen MR) is 170 cm³/mol. The van der Waals surface area contributed by atoms with Gasteiger partial charge in [0.2, 0.25) is 5.91 Å². The van der Waals surface area contributed by atoms with Gasteiger partial charge in [-0.3, -0.25) is 4.79 Å². The molecule has 0 N–H and O–H groups in total. The number of likely N-dealkylation sites (tertiary alicyclic amines) is 2. The summed E-state index contributed by atoms with van der Waals surface area (Å²) in [5.41, 5.74) is 3.59. The van der Waals surface area contributed by atoms with E-state index in [2.05, 4.69) is 64.7 Å². The zero-order valence-corrected chi connectivity index (χ0v) is 26.1. The molecule has 0 bridgehead atoms. The van der Waals surface area contributed by atoms with E-state index >= 15 is 0 Å². The Morgan fingerprint density at radius 2 is 1.76 bits per heavy atom. The van der Waals surface area contributed by atoms with Crippen LogP contribution in [0.15, 0.2) is 48.5 Å². The van der Waals surface area contributed by atoms with Gasteiger partial charge in [0.05, 0.1) is 13.2 Å². The van der Waals surface area contributed by atoms with Gasteiger partial charge in [-0.1, -0.05) is 50.2 Å². The van der Waals surface area contributed by atoms with E-state index in [1.54, 1.807) is 0 Å². The van der Waals surface area contributed by atoms with Gasteiger partial charge in [-0.15, -0.1) is 0 Å². The number of carbonyl (C=O) groups excluding carboxylic acids is 1. The van der Waals surface area contributed by atoms with Crippen molar-refractivity contribution in [2.24, 2.45) is 11.8 Å². The van der Waals surface area contributed by atoms with Gasteiger partial charge in [0.15, 0.2) is 5.69 Å². The molecule has 2 atom stereocenters. The second-order valence-corrected chi connectivity index (χ2v) is 12.9. The van der Waals surface area contributed by atoms with Crippen molar-refractivity contribution in [1.29, 1.82) is 0 Å². The Bertz CT molecular complexity index is 1210. The van der Waals surface area contributed by atoms with Crippen molar-refractivity contribution in [1.82, 2.24) is 14.7 Å². The summed E-state index contributed by atoms with van der Waals surface area (Å²) in [7, 11) is 2.28. The Kier molecular flexibility index (Phi) is 10.2. The van der Waals surface area contributed by atoms with Gasteiger partial charge in [0.1, 0.15) is 5.75 Å². The summed E-state index contributed by atoms with van der Waals surface area (Å²) in [5, 5.41) is 0. The highest BCUT2D eigenvalue weighted by molar-refractivity contribution is 5.79. The normalized spacial score (nSPS) is 23.9. The van der Waals surface area contributed by atoms with E-state index < -0.39 is 0 Å². The molecular weight excluding hydrogens is 520 g/mol. The molecule has 3 heterocycles. The molecule has 0 aromatic heterocycles. The van der Waals surface area contributed by atoms with Gasteiger partial charge in [0.25, 0.3) is 0 Å². The summed E-state index contributed by atoms with van der Waals surface area (Å²) >= 11 is 0. The van der Waals surface area contributed by atoms with Crippen LogP contribution in [-0.4, -0.2) is 73.0 Å². The van der Waals surface area contributed by atoms with Crippen molar-refractivity contribution in [2.75, 3.05) is 46.4 Å². The largest absolute Gasteiger partial charge is 0.494 e. The second-order valence-electron chi connectivity index (χ2n) is 12.9. The summed E-state index contributed by atoms with van der Waals surface area (Å²) in [6, 6.07) is 16.8. The molecule has 226 valence electrons. The van der Waals surface area contributed by atoms with Crippen LogP contribution in [0.3, 0.4) is 0 Å². The van der Waals surface area contributed by atoms with Crippen LogP contribution in [0.25, 0.3) is 4.85 Å². The van der Waals surface area contributed by atoms with Gasteiger partial charge in [-0.05, 0) is 101 Å². The number of benzene rings is 2. The molecule has 2 aromatic rings. The van der Waals surface area contributed by atoms with Crippen molar-refractivity contribution < 1.29 is 9.53 Å². The fraction of sp³-hybridized carbons (Fsp3) is 0.611. The molecule has 0 radical (unpaired) electrons. The number of rotatable bonds is 10. The Hall–Kier alpha value is -2.88. The summed E-state index contributed by atoms with van der Waals surface area (Å²) in [5.74, 6) is 1.92. The van der Waals surface area contributed by atoms with E-state index in [9.17, 15) is 4.79 Å². The van der Waals surface area contributed by atoms with Crippen molar-refractivity contribution in [3.63, 3.8) is 0 Å². The zero-order chi connectivity index (χ0) is 29.5. The minimum absolute atomic E-state index is 0.0294. The number of amides is 1. The first-order valence-corrected chi connectivity index (χ1v) is 16.4. The van der Waals surface area contributed by atoms with Gasteiger partial charge >= 0.3 is 0 Å². The Morgan fingerprint density at radius 3 is 2.48 bits per heavy atom. The molecule has 2 fully saturated rings. The van der Waals surface area contributed by atoms with Gasteiger partial charge < -0.3 is 19.4 Å². The Labute approximate surface area is 253 Å². The lowest BCUT2D eigenvalue weighted by molar-refractivity contribution is -0.143. The van der Waals surface area contributed by atoms with Gasteiger partial charge in [-0.2, -0.15) is 0 Å². The number of carbonyl (C=O) groups is 1. The van der Waals surface area contributed by atoms with Crippen LogP contribution in [0.4, 0.5) is 5.69 Å². The van der Waals surface area contributed by atoms with E-state index in [1.807, 2.05) is 24.3 Å². The molecule has 42 heavy (non-hydrogen) atoms. The Balaban J connectivity index is 1.32. The number of hydrogen-bond acceptors (Lipinski definition) is 4. The highest BCUT2D eigenvalue weighted by Gasteiger charge is 2.54. The van der Waals surface area contributed by atoms with Crippen molar-refractivity contribution in [3.05, 3.63) is 71.1 Å². The summed E-state index contributed by atoms with van der Waals surface area (Å²) in [6.45, 7) is 18.3. The zero-order valence-electron chi connectivity index (χ0n) is 26.1. The number of ether oxygens (including phenoxy) is 1. The highest BCUT2D eigenvalue weighted by Crippen LogP contribution is 2.50.